The normalized spacial score (nSPS) is 17.6. The van der Waals surface area contributed by atoms with Gasteiger partial charge in [-0.1, -0.05) is 41.4 Å². The molecule has 2 aromatic rings. The van der Waals surface area contributed by atoms with Crippen molar-refractivity contribution in [3.63, 3.8) is 0 Å². The molecular weight excluding hydrogens is 349 g/mol. The molecule has 2 aromatic carbocycles. The molecule has 1 heterocycles. The Morgan fingerprint density at radius 2 is 1.92 bits per heavy atom. The summed E-state index contributed by atoms with van der Waals surface area (Å²) in [7, 11) is 0. The van der Waals surface area contributed by atoms with Crippen LogP contribution in [0.15, 0.2) is 48.5 Å². The van der Waals surface area contributed by atoms with Crippen molar-refractivity contribution in [1.29, 1.82) is 0 Å². The number of amides is 1. The van der Waals surface area contributed by atoms with Crippen molar-refractivity contribution in [2.45, 2.75) is 6.10 Å². The fraction of sp³-hybridized carbons (Fsp3) is 0.278. The van der Waals surface area contributed by atoms with Crippen LogP contribution in [0.5, 0.6) is 5.75 Å². The maximum Gasteiger partial charge on any atom is 0.260 e. The molecule has 0 radical (unpaired) electrons. The molecule has 1 saturated heterocycles. The second-order valence-electron chi connectivity index (χ2n) is 5.46. The van der Waals surface area contributed by atoms with Crippen molar-refractivity contribution in [1.82, 2.24) is 4.90 Å². The minimum Gasteiger partial charge on any atom is -0.484 e. The van der Waals surface area contributed by atoms with Gasteiger partial charge in [0.1, 0.15) is 11.9 Å². The van der Waals surface area contributed by atoms with Crippen molar-refractivity contribution < 1.29 is 14.3 Å². The highest BCUT2D eigenvalue weighted by Gasteiger charge is 2.26. The van der Waals surface area contributed by atoms with E-state index in [4.69, 9.17) is 32.7 Å². The molecule has 3 rings (SSSR count). The van der Waals surface area contributed by atoms with Crippen LogP contribution >= 0.6 is 23.2 Å². The van der Waals surface area contributed by atoms with Gasteiger partial charge in [-0.25, -0.2) is 0 Å². The van der Waals surface area contributed by atoms with Crippen LogP contribution in [-0.4, -0.2) is 37.1 Å². The molecule has 1 amide bonds. The predicted molar refractivity (Wildman–Crippen MR) is 93.7 cm³/mol. The zero-order valence-electron chi connectivity index (χ0n) is 13.0. The Morgan fingerprint density at radius 1 is 1.17 bits per heavy atom. The molecule has 126 valence electrons. The zero-order valence-corrected chi connectivity index (χ0v) is 14.5. The summed E-state index contributed by atoms with van der Waals surface area (Å²) in [5, 5.41) is 1.28. The number of benzene rings is 2. The summed E-state index contributed by atoms with van der Waals surface area (Å²) in [6.07, 6.45) is -0.216. The topological polar surface area (TPSA) is 38.8 Å². The molecule has 0 saturated carbocycles. The molecule has 6 heteroatoms. The third kappa shape index (κ3) is 4.20. The highest BCUT2D eigenvalue weighted by Crippen LogP contribution is 2.28. The number of hydrogen-bond acceptors (Lipinski definition) is 3. The van der Waals surface area contributed by atoms with Crippen LogP contribution in [0.25, 0.3) is 0 Å². The summed E-state index contributed by atoms with van der Waals surface area (Å²) in [4.78, 5) is 14.1. The van der Waals surface area contributed by atoms with Gasteiger partial charge in [0.05, 0.1) is 13.2 Å². The average Bonchev–Trinajstić information content (AvgIpc) is 2.61. The largest absolute Gasteiger partial charge is 0.484 e. The lowest BCUT2D eigenvalue weighted by atomic mass is 10.1. The van der Waals surface area contributed by atoms with Crippen LogP contribution in [0.3, 0.4) is 0 Å². The first-order valence-electron chi connectivity index (χ1n) is 7.65. The fourth-order valence-electron chi connectivity index (χ4n) is 2.57. The van der Waals surface area contributed by atoms with Crippen molar-refractivity contribution in [2.75, 3.05) is 26.3 Å². The second kappa shape index (κ2) is 7.88. The summed E-state index contributed by atoms with van der Waals surface area (Å²) in [6.45, 7) is 1.47. The summed E-state index contributed by atoms with van der Waals surface area (Å²) in [6, 6.07) is 14.5. The Morgan fingerprint density at radius 3 is 2.67 bits per heavy atom. The average molecular weight is 366 g/mol. The molecule has 0 spiro atoms. The van der Waals surface area contributed by atoms with E-state index in [2.05, 4.69) is 0 Å². The van der Waals surface area contributed by atoms with Gasteiger partial charge in [0.2, 0.25) is 0 Å². The highest BCUT2D eigenvalue weighted by atomic mass is 35.5. The quantitative estimate of drug-likeness (QED) is 0.822. The minimum absolute atomic E-state index is 0.0170. The molecular formula is C18H17Cl2NO3. The van der Waals surface area contributed by atoms with E-state index in [9.17, 15) is 4.79 Å². The number of nitrogens with zero attached hydrogens (tertiary/aromatic N) is 1. The SMILES string of the molecule is O=C(COc1ccc(Cl)cc1)N1CCOC(c2ccccc2Cl)C1. The lowest BCUT2D eigenvalue weighted by Gasteiger charge is -2.33. The molecule has 1 aliphatic heterocycles. The van der Waals surface area contributed by atoms with Gasteiger partial charge in [0.15, 0.2) is 6.61 Å². The monoisotopic (exact) mass is 365 g/mol. The smallest absolute Gasteiger partial charge is 0.260 e. The molecule has 24 heavy (non-hydrogen) atoms. The first-order valence-corrected chi connectivity index (χ1v) is 8.41. The maximum atomic E-state index is 12.4. The van der Waals surface area contributed by atoms with Crippen molar-refractivity contribution in [2.24, 2.45) is 0 Å². The standard InChI is InChI=1S/C18H17Cl2NO3/c19-13-5-7-14(8-6-13)24-12-18(22)21-9-10-23-17(11-21)15-3-1-2-4-16(15)20/h1-8,17H,9-12H2. The number of carbonyl (C=O) groups is 1. The third-order valence-electron chi connectivity index (χ3n) is 3.85. The number of halogens is 2. The number of carbonyl (C=O) groups excluding carboxylic acids is 1. The third-order valence-corrected chi connectivity index (χ3v) is 4.44. The molecule has 0 aliphatic carbocycles. The van der Waals surface area contributed by atoms with Crippen molar-refractivity contribution in [3.8, 4) is 5.75 Å². The lowest BCUT2D eigenvalue weighted by molar-refractivity contribution is -0.141. The van der Waals surface area contributed by atoms with E-state index in [1.54, 1.807) is 29.2 Å². The van der Waals surface area contributed by atoms with Crippen LogP contribution in [-0.2, 0) is 9.53 Å². The van der Waals surface area contributed by atoms with Crippen LogP contribution in [0, 0.1) is 0 Å². The molecule has 4 nitrogen and oxygen atoms in total. The second-order valence-corrected chi connectivity index (χ2v) is 6.31. The van der Waals surface area contributed by atoms with E-state index in [0.717, 1.165) is 5.56 Å². The molecule has 0 bridgehead atoms. The van der Waals surface area contributed by atoms with Gasteiger partial charge in [-0.15, -0.1) is 0 Å². The summed E-state index contributed by atoms with van der Waals surface area (Å²) < 4.78 is 11.3. The van der Waals surface area contributed by atoms with Gasteiger partial charge in [0.25, 0.3) is 5.91 Å². The van der Waals surface area contributed by atoms with Crippen molar-refractivity contribution in [3.05, 3.63) is 64.1 Å². The van der Waals surface area contributed by atoms with E-state index >= 15 is 0 Å². The number of rotatable bonds is 4. The van der Waals surface area contributed by atoms with Crippen molar-refractivity contribution >= 4 is 29.1 Å². The number of morpholine rings is 1. The van der Waals surface area contributed by atoms with E-state index in [-0.39, 0.29) is 18.6 Å². The minimum atomic E-state index is -0.216. The van der Waals surface area contributed by atoms with Crippen LogP contribution in [0.4, 0.5) is 0 Å². The molecule has 1 unspecified atom stereocenters. The summed E-state index contributed by atoms with van der Waals surface area (Å²) in [5.41, 5.74) is 0.898. The van der Waals surface area contributed by atoms with E-state index in [0.29, 0.717) is 35.5 Å². The molecule has 0 N–H and O–H groups in total. The summed E-state index contributed by atoms with van der Waals surface area (Å²) >= 11 is 12.0. The zero-order chi connectivity index (χ0) is 16.9. The Labute approximate surface area is 150 Å². The molecule has 1 fully saturated rings. The van der Waals surface area contributed by atoms with E-state index < -0.39 is 0 Å². The van der Waals surface area contributed by atoms with Gasteiger partial charge >= 0.3 is 0 Å². The number of ether oxygens (including phenoxy) is 2. The van der Waals surface area contributed by atoms with Crippen LogP contribution in [0.1, 0.15) is 11.7 Å². The Balaban J connectivity index is 1.59. The van der Waals surface area contributed by atoms with E-state index in [1.807, 2.05) is 24.3 Å². The molecule has 1 aliphatic rings. The molecule has 0 aromatic heterocycles. The Kier molecular flexibility index (Phi) is 5.61. The Bertz CT molecular complexity index is 706. The van der Waals surface area contributed by atoms with E-state index in [1.165, 1.54) is 0 Å². The van der Waals surface area contributed by atoms with Gasteiger partial charge in [-0.05, 0) is 30.3 Å². The first-order chi connectivity index (χ1) is 11.6. The fourth-order valence-corrected chi connectivity index (χ4v) is 2.95. The first kappa shape index (κ1) is 17.1. The molecule has 1 atom stereocenters. The predicted octanol–water partition coefficient (Wildman–Crippen LogP) is 3.97. The van der Waals surface area contributed by atoms with Gasteiger partial charge in [0, 0.05) is 22.2 Å². The van der Waals surface area contributed by atoms with Crippen LogP contribution in [0.2, 0.25) is 10.0 Å². The van der Waals surface area contributed by atoms with Gasteiger partial charge in [-0.3, -0.25) is 4.79 Å². The maximum absolute atomic E-state index is 12.4. The van der Waals surface area contributed by atoms with Gasteiger partial charge in [-0.2, -0.15) is 0 Å². The summed E-state index contributed by atoms with van der Waals surface area (Å²) in [5.74, 6) is 0.536. The number of hydrogen-bond donors (Lipinski definition) is 0. The highest BCUT2D eigenvalue weighted by molar-refractivity contribution is 6.31. The van der Waals surface area contributed by atoms with Crippen LogP contribution < -0.4 is 4.74 Å². The lowest BCUT2D eigenvalue weighted by Crippen LogP contribution is -2.44. The van der Waals surface area contributed by atoms with Gasteiger partial charge < -0.3 is 14.4 Å². The Hall–Kier alpha value is -1.75.